The molecular weight excluding hydrogens is 307 g/mol. The van der Waals surface area contributed by atoms with Gasteiger partial charge in [-0.15, -0.1) is 0 Å². The van der Waals surface area contributed by atoms with Crippen LogP contribution in [0.15, 0.2) is 18.2 Å². The molecule has 1 unspecified atom stereocenters. The third-order valence-electron chi connectivity index (χ3n) is 5.33. The number of hydrogen-bond acceptors (Lipinski definition) is 3. The standard InChI is InChI=1S/C16H22Cl2N2O/c1-19-9-12-6-13(21-3)8-16(12,10-20(19)2)11-4-5-14(17)15(18)7-11/h4-5,7,12-13H,6,8-10H2,1-3H3/t12-,13?,16+/m1/s1. The van der Waals surface area contributed by atoms with Crippen LogP contribution in [0.4, 0.5) is 0 Å². The van der Waals surface area contributed by atoms with Gasteiger partial charge in [0, 0.05) is 39.7 Å². The fraction of sp³-hybridized carbons (Fsp3) is 0.625. The van der Waals surface area contributed by atoms with Crippen molar-refractivity contribution in [3.63, 3.8) is 0 Å². The molecule has 1 saturated carbocycles. The molecule has 3 nitrogen and oxygen atoms in total. The van der Waals surface area contributed by atoms with Crippen LogP contribution in [0.2, 0.25) is 10.0 Å². The Balaban J connectivity index is 2.02. The molecule has 0 bridgehead atoms. The summed E-state index contributed by atoms with van der Waals surface area (Å²) in [5.74, 6) is 0.584. The van der Waals surface area contributed by atoms with Crippen LogP contribution in [0.1, 0.15) is 18.4 Å². The van der Waals surface area contributed by atoms with E-state index in [2.05, 4.69) is 30.2 Å². The van der Waals surface area contributed by atoms with Gasteiger partial charge >= 0.3 is 0 Å². The van der Waals surface area contributed by atoms with Gasteiger partial charge in [0.2, 0.25) is 0 Å². The Labute approximate surface area is 136 Å². The van der Waals surface area contributed by atoms with Gasteiger partial charge in [-0.05, 0) is 36.5 Å². The molecule has 1 aliphatic carbocycles. The molecule has 1 aromatic rings. The lowest BCUT2D eigenvalue weighted by atomic mass is 9.70. The second-order valence-corrected chi connectivity index (χ2v) is 7.25. The molecule has 0 radical (unpaired) electrons. The zero-order chi connectivity index (χ0) is 15.2. The Hall–Kier alpha value is -0.320. The lowest BCUT2D eigenvalue weighted by Gasteiger charge is -2.48. The summed E-state index contributed by atoms with van der Waals surface area (Å²) in [5, 5.41) is 5.87. The van der Waals surface area contributed by atoms with Crippen molar-refractivity contribution in [2.24, 2.45) is 5.92 Å². The molecule has 2 fully saturated rings. The molecule has 0 N–H and O–H groups in total. The molecule has 0 amide bonds. The van der Waals surface area contributed by atoms with E-state index in [1.165, 1.54) is 5.56 Å². The van der Waals surface area contributed by atoms with Crippen molar-refractivity contribution >= 4 is 23.2 Å². The van der Waals surface area contributed by atoms with E-state index in [4.69, 9.17) is 27.9 Å². The van der Waals surface area contributed by atoms with Gasteiger partial charge in [-0.3, -0.25) is 0 Å². The SMILES string of the molecule is COC1C[C@@H]2CN(C)N(C)C[C@]2(c2ccc(Cl)c(Cl)c2)C1. The molecule has 3 atom stereocenters. The van der Waals surface area contributed by atoms with Gasteiger partial charge in [0.05, 0.1) is 16.1 Å². The molecule has 1 aromatic carbocycles. The van der Waals surface area contributed by atoms with Gasteiger partial charge in [-0.25, -0.2) is 10.0 Å². The number of benzene rings is 1. The Morgan fingerprint density at radius 3 is 2.62 bits per heavy atom. The van der Waals surface area contributed by atoms with Gasteiger partial charge in [0.15, 0.2) is 0 Å². The molecule has 21 heavy (non-hydrogen) atoms. The van der Waals surface area contributed by atoms with Crippen LogP contribution in [0, 0.1) is 5.92 Å². The molecule has 0 spiro atoms. The summed E-state index contributed by atoms with van der Waals surface area (Å²) in [7, 11) is 6.12. The zero-order valence-electron chi connectivity index (χ0n) is 12.8. The quantitative estimate of drug-likeness (QED) is 0.827. The molecule has 116 valence electrons. The third-order valence-corrected chi connectivity index (χ3v) is 6.07. The molecule has 1 heterocycles. The first-order chi connectivity index (χ1) is 9.96. The number of nitrogens with zero attached hydrogens (tertiary/aromatic N) is 2. The van der Waals surface area contributed by atoms with Gasteiger partial charge in [0.1, 0.15) is 0 Å². The number of halogens is 2. The Morgan fingerprint density at radius 2 is 1.95 bits per heavy atom. The summed E-state index contributed by atoms with van der Waals surface area (Å²) in [6, 6.07) is 6.11. The van der Waals surface area contributed by atoms with E-state index in [9.17, 15) is 0 Å². The molecule has 1 saturated heterocycles. The van der Waals surface area contributed by atoms with Gasteiger partial charge < -0.3 is 4.74 Å². The van der Waals surface area contributed by atoms with Crippen molar-refractivity contribution in [2.45, 2.75) is 24.4 Å². The number of rotatable bonds is 2. The van der Waals surface area contributed by atoms with Crippen molar-refractivity contribution in [3.05, 3.63) is 33.8 Å². The van der Waals surface area contributed by atoms with Crippen molar-refractivity contribution in [2.75, 3.05) is 34.3 Å². The maximum atomic E-state index is 6.27. The van der Waals surface area contributed by atoms with Crippen LogP contribution in [-0.4, -0.2) is 50.4 Å². The average Bonchev–Trinajstić information content (AvgIpc) is 2.81. The van der Waals surface area contributed by atoms with Gasteiger partial charge in [-0.2, -0.15) is 0 Å². The summed E-state index contributed by atoms with van der Waals surface area (Å²) in [4.78, 5) is 0. The summed E-state index contributed by atoms with van der Waals surface area (Å²) in [6.07, 6.45) is 2.48. The molecular formula is C16H22Cl2N2O. The second kappa shape index (κ2) is 5.71. The van der Waals surface area contributed by atoms with Crippen molar-refractivity contribution in [3.8, 4) is 0 Å². The van der Waals surface area contributed by atoms with Crippen LogP contribution in [0.25, 0.3) is 0 Å². The van der Waals surface area contributed by atoms with E-state index in [-0.39, 0.29) is 5.41 Å². The highest BCUT2D eigenvalue weighted by Gasteiger charge is 2.52. The van der Waals surface area contributed by atoms with E-state index in [0.29, 0.717) is 22.1 Å². The summed E-state index contributed by atoms with van der Waals surface area (Å²) in [6.45, 7) is 2.04. The van der Waals surface area contributed by atoms with Crippen LogP contribution in [0.3, 0.4) is 0 Å². The minimum atomic E-state index is 0.107. The highest BCUT2D eigenvalue weighted by Crippen LogP contribution is 2.50. The minimum Gasteiger partial charge on any atom is -0.381 e. The average molecular weight is 329 g/mol. The number of fused-ring (bicyclic) bond motifs is 1. The molecule has 5 heteroatoms. The topological polar surface area (TPSA) is 15.7 Å². The van der Waals surface area contributed by atoms with Crippen LogP contribution < -0.4 is 0 Å². The number of hydrazine groups is 1. The Morgan fingerprint density at radius 1 is 1.19 bits per heavy atom. The maximum absolute atomic E-state index is 6.27. The van der Waals surface area contributed by atoms with E-state index in [1.54, 1.807) is 0 Å². The van der Waals surface area contributed by atoms with Gasteiger partial charge in [-0.1, -0.05) is 29.3 Å². The number of hydrogen-bond donors (Lipinski definition) is 0. The first-order valence-corrected chi connectivity index (χ1v) is 8.12. The number of likely N-dealkylation sites (N-methyl/N-ethyl adjacent to an activating group) is 1. The van der Waals surface area contributed by atoms with Crippen LogP contribution in [0.5, 0.6) is 0 Å². The van der Waals surface area contributed by atoms with Crippen molar-refractivity contribution in [1.82, 2.24) is 10.0 Å². The van der Waals surface area contributed by atoms with Crippen molar-refractivity contribution in [1.29, 1.82) is 0 Å². The fourth-order valence-corrected chi connectivity index (χ4v) is 4.36. The number of ether oxygens (including phenoxy) is 1. The van der Waals surface area contributed by atoms with Crippen molar-refractivity contribution < 1.29 is 4.74 Å². The normalized spacial score (nSPS) is 34.1. The molecule has 3 rings (SSSR count). The summed E-state index contributed by atoms with van der Waals surface area (Å²) >= 11 is 12.4. The van der Waals surface area contributed by atoms with Crippen LogP contribution >= 0.6 is 23.2 Å². The van der Waals surface area contributed by atoms with E-state index >= 15 is 0 Å². The minimum absolute atomic E-state index is 0.107. The summed E-state index contributed by atoms with van der Waals surface area (Å²) < 4.78 is 5.68. The first kappa shape index (κ1) is 15.6. The van der Waals surface area contributed by atoms with Gasteiger partial charge in [0.25, 0.3) is 0 Å². The predicted octanol–water partition coefficient (Wildman–Crippen LogP) is 3.45. The van der Waals surface area contributed by atoms with E-state index in [0.717, 1.165) is 25.9 Å². The largest absolute Gasteiger partial charge is 0.381 e. The lowest BCUT2D eigenvalue weighted by Crippen LogP contribution is -2.56. The van der Waals surface area contributed by atoms with E-state index < -0.39 is 0 Å². The highest BCUT2D eigenvalue weighted by atomic mass is 35.5. The van der Waals surface area contributed by atoms with Crippen LogP contribution in [-0.2, 0) is 10.2 Å². The third kappa shape index (κ3) is 2.60. The molecule has 2 aliphatic rings. The maximum Gasteiger partial charge on any atom is 0.0595 e. The Kier molecular flexibility index (Phi) is 4.23. The zero-order valence-corrected chi connectivity index (χ0v) is 14.3. The molecule has 1 aliphatic heterocycles. The number of methoxy groups -OCH3 is 1. The first-order valence-electron chi connectivity index (χ1n) is 7.37. The fourth-order valence-electron chi connectivity index (χ4n) is 4.06. The summed E-state index contributed by atoms with van der Waals surface area (Å²) in [5.41, 5.74) is 1.40. The second-order valence-electron chi connectivity index (χ2n) is 6.44. The lowest BCUT2D eigenvalue weighted by molar-refractivity contribution is -0.0612. The van der Waals surface area contributed by atoms with E-state index in [1.807, 2.05) is 19.2 Å². The monoisotopic (exact) mass is 328 g/mol. The highest BCUT2D eigenvalue weighted by molar-refractivity contribution is 6.42. The predicted molar refractivity (Wildman–Crippen MR) is 86.9 cm³/mol. The molecule has 0 aromatic heterocycles. The smallest absolute Gasteiger partial charge is 0.0595 e. The Bertz CT molecular complexity index is 539.